The zero-order valence-corrected chi connectivity index (χ0v) is 15.3. The number of carbonyl (C=O) groups is 2. The third kappa shape index (κ3) is 4.53. The highest BCUT2D eigenvalue weighted by molar-refractivity contribution is 5.81. The fourth-order valence-electron chi connectivity index (χ4n) is 3.39. The van der Waals surface area contributed by atoms with Crippen LogP contribution in [0.4, 0.5) is 4.79 Å². The van der Waals surface area contributed by atoms with Crippen LogP contribution in [0.2, 0.25) is 0 Å². The highest BCUT2D eigenvalue weighted by atomic mass is 16.2. The van der Waals surface area contributed by atoms with Gasteiger partial charge in [0, 0.05) is 44.1 Å². The minimum Gasteiger partial charge on any atom is -0.341 e. The van der Waals surface area contributed by atoms with E-state index in [0.29, 0.717) is 19.6 Å². The van der Waals surface area contributed by atoms with Crippen molar-refractivity contribution in [2.45, 2.75) is 45.1 Å². The van der Waals surface area contributed by atoms with Gasteiger partial charge in [0.1, 0.15) is 0 Å². The first-order valence-corrected chi connectivity index (χ1v) is 9.45. The summed E-state index contributed by atoms with van der Waals surface area (Å²) in [6, 6.07) is 10.3. The van der Waals surface area contributed by atoms with Crippen molar-refractivity contribution in [3.63, 3.8) is 0 Å². The maximum atomic E-state index is 12.6. The van der Waals surface area contributed by atoms with Gasteiger partial charge in [-0.15, -0.1) is 0 Å². The second-order valence-corrected chi connectivity index (χ2v) is 7.38. The molecule has 0 bridgehead atoms. The molecule has 1 aliphatic heterocycles. The highest BCUT2D eigenvalue weighted by Gasteiger charge is 2.34. The molecule has 136 valence electrons. The van der Waals surface area contributed by atoms with E-state index < -0.39 is 0 Å². The molecule has 1 saturated carbocycles. The second kappa shape index (κ2) is 7.89. The third-order valence-corrected chi connectivity index (χ3v) is 5.45. The monoisotopic (exact) mass is 343 g/mol. The zero-order chi connectivity index (χ0) is 17.8. The van der Waals surface area contributed by atoms with Crippen LogP contribution in [0.15, 0.2) is 30.3 Å². The third-order valence-electron chi connectivity index (χ3n) is 5.45. The van der Waals surface area contributed by atoms with Crippen LogP contribution in [0.25, 0.3) is 0 Å². The van der Waals surface area contributed by atoms with Gasteiger partial charge in [-0.3, -0.25) is 4.79 Å². The Balaban J connectivity index is 1.51. The smallest absolute Gasteiger partial charge is 0.317 e. The van der Waals surface area contributed by atoms with E-state index in [9.17, 15) is 9.59 Å². The standard InChI is InChI=1S/C20H29N3O2/c1-15(17-7-4-3-5-8-17)16(2)21-20(25)23-12-6-11-22(13-14-23)19(24)18-9-10-18/h3-5,7-8,15-16,18H,6,9-14H2,1-2H3,(H,21,25)/t15-,16+/m1/s1. The van der Waals surface area contributed by atoms with Crippen molar-refractivity contribution in [2.75, 3.05) is 26.2 Å². The molecule has 1 N–H and O–H groups in total. The summed E-state index contributed by atoms with van der Waals surface area (Å²) in [5.74, 6) is 0.797. The quantitative estimate of drug-likeness (QED) is 0.914. The first-order valence-electron chi connectivity index (χ1n) is 9.45. The molecule has 2 fully saturated rings. The summed E-state index contributed by atoms with van der Waals surface area (Å²) in [7, 11) is 0. The van der Waals surface area contributed by atoms with Gasteiger partial charge >= 0.3 is 6.03 Å². The van der Waals surface area contributed by atoms with Crippen LogP contribution in [0.1, 0.15) is 44.6 Å². The summed E-state index contributed by atoms with van der Waals surface area (Å²) in [4.78, 5) is 28.7. The molecule has 1 heterocycles. The Morgan fingerprint density at radius 2 is 1.64 bits per heavy atom. The number of hydrogen-bond donors (Lipinski definition) is 1. The maximum absolute atomic E-state index is 12.6. The normalized spacial score (nSPS) is 20.6. The average Bonchev–Trinajstić information content (AvgIpc) is 3.47. The fourth-order valence-corrected chi connectivity index (χ4v) is 3.39. The van der Waals surface area contributed by atoms with Gasteiger partial charge in [0.05, 0.1) is 0 Å². The Hall–Kier alpha value is -2.04. The van der Waals surface area contributed by atoms with Crippen LogP contribution >= 0.6 is 0 Å². The van der Waals surface area contributed by atoms with Crippen LogP contribution < -0.4 is 5.32 Å². The molecule has 25 heavy (non-hydrogen) atoms. The Morgan fingerprint density at radius 3 is 2.32 bits per heavy atom. The topological polar surface area (TPSA) is 52.7 Å². The van der Waals surface area contributed by atoms with Crippen molar-refractivity contribution < 1.29 is 9.59 Å². The van der Waals surface area contributed by atoms with Gasteiger partial charge in [-0.25, -0.2) is 4.79 Å². The Labute approximate surface area is 150 Å². The number of amides is 3. The van der Waals surface area contributed by atoms with Crippen molar-refractivity contribution in [3.8, 4) is 0 Å². The largest absolute Gasteiger partial charge is 0.341 e. The van der Waals surface area contributed by atoms with E-state index in [1.807, 2.05) is 28.0 Å². The van der Waals surface area contributed by atoms with Crippen molar-refractivity contribution in [2.24, 2.45) is 5.92 Å². The number of urea groups is 1. The number of hydrogen-bond acceptors (Lipinski definition) is 2. The first-order chi connectivity index (χ1) is 12.1. The van der Waals surface area contributed by atoms with E-state index in [2.05, 4.69) is 31.3 Å². The lowest BCUT2D eigenvalue weighted by Gasteiger charge is -2.27. The van der Waals surface area contributed by atoms with Crippen molar-refractivity contribution >= 4 is 11.9 Å². The number of rotatable bonds is 4. The minimum absolute atomic E-state index is 0.0176. The van der Waals surface area contributed by atoms with E-state index >= 15 is 0 Å². The van der Waals surface area contributed by atoms with Crippen molar-refractivity contribution in [1.82, 2.24) is 15.1 Å². The summed E-state index contributed by atoms with van der Waals surface area (Å²) in [5, 5.41) is 3.14. The van der Waals surface area contributed by atoms with Gasteiger partial charge in [0.25, 0.3) is 0 Å². The second-order valence-electron chi connectivity index (χ2n) is 7.38. The predicted molar refractivity (Wildman–Crippen MR) is 98.3 cm³/mol. The molecular weight excluding hydrogens is 314 g/mol. The first kappa shape index (κ1) is 17.8. The van der Waals surface area contributed by atoms with Gasteiger partial charge in [-0.1, -0.05) is 37.3 Å². The summed E-state index contributed by atoms with van der Waals surface area (Å²) < 4.78 is 0. The van der Waals surface area contributed by atoms with Crippen molar-refractivity contribution in [3.05, 3.63) is 35.9 Å². The lowest BCUT2D eigenvalue weighted by molar-refractivity contribution is -0.132. The van der Waals surface area contributed by atoms with Gasteiger partial charge in [-0.2, -0.15) is 0 Å². The van der Waals surface area contributed by atoms with Crippen LogP contribution in [-0.4, -0.2) is 54.0 Å². The summed E-state index contributed by atoms with van der Waals surface area (Å²) in [6.45, 7) is 6.96. The van der Waals surface area contributed by atoms with Crippen LogP contribution in [-0.2, 0) is 4.79 Å². The molecular formula is C20H29N3O2. The molecule has 0 unspecified atom stereocenters. The number of nitrogens with one attached hydrogen (secondary N) is 1. The molecule has 5 nitrogen and oxygen atoms in total. The molecule has 1 aromatic rings. The average molecular weight is 343 g/mol. The molecule has 2 aliphatic rings. The van der Waals surface area contributed by atoms with E-state index in [1.165, 1.54) is 5.56 Å². The summed E-state index contributed by atoms with van der Waals surface area (Å²) >= 11 is 0. The lowest BCUT2D eigenvalue weighted by Crippen LogP contribution is -2.47. The van der Waals surface area contributed by atoms with E-state index in [1.54, 1.807) is 0 Å². The van der Waals surface area contributed by atoms with Gasteiger partial charge in [0.2, 0.25) is 5.91 Å². The van der Waals surface area contributed by atoms with Gasteiger partial charge in [0.15, 0.2) is 0 Å². The molecule has 1 saturated heterocycles. The maximum Gasteiger partial charge on any atom is 0.317 e. The number of nitrogens with zero attached hydrogens (tertiary/aromatic N) is 2. The highest BCUT2D eigenvalue weighted by Crippen LogP contribution is 2.31. The van der Waals surface area contributed by atoms with E-state index in [4.69, 9.17) is 0 Å². The molecule has 2 atom stereocenters. The molecule has 0 aromatic heterocycles. The molecule has 3 amide bonds. The number of carbonyl (C=O) groups excluding carboxylic acids is 2. The van der Waals surface area contributed by atoms with Crippen molar-refractivity contribution in [1.29, 1.82) is 0 Å². The molecule has 5 heteroatoms. The Kier molecular flexibility index (Phi) is 5.61. The van der Waals surface area contributed by atoms with E-state index in [-0.39, 0.29) is 29.8 Å². The molecule has 0 spiro atoms. The molecule has 3 rings (SSSR count). The fraction of sp³-hybridized carbons (Fsp3) is 0.600. The summed E-state index contributed by atoms with van der Waals surface area (Å²) in [5.41, 5.74) is 1.23. The number of benzene rings is 1. The predicted octanol–water partition coefficient (Wildman–Crippen LogP) is 2.83. The van der Waals surface area contributed by atoms with Gasteiger partial charge < -0.3 is 15.1 Å². The Morgan fingerprint density at radius 1 is 1.00 bits per heavy atom. The Bertz CT molecular complexity index is 600. The summed E-state index contributed by atoms with van der Waals surface area (Å²) in [6.07, 6.45) is 2.93. The minimum atomic E-state index is -0.0176. The van der Waals surface area contributed by atoms with Crippen LogP contribution in [0.3, 0.4) is 0 Å². The SMILES string of the molecule is C[C@H](NC(=O)N1CCCN(C(=O)C2CC2)CC1)[C@@H](C)c1ccccc1. The zero-order valence-electron chi connectivity index (χ0n) is 15.3. The molecule has 1 aromatic carbocycles. The molecule has 1 aliphatic carbocycles. The van der Waals surface area contributed by atoms with E-state index in [0.717, 1.165) is 25.8 Å². The van der Waals surface area contributed by atoms with Crippen LogP contribution in [0, 0.1) is 5.92 Å². The lowest BCUT2D eigenvalue weighted by atomic mass is 9.94. The van der Waals surface area contributed by atoms with Gasteiger partial charge in [-0.05, 0) is 31.7 Å². The molecule has 0 radical (unpaired) electrons. The van der Waals surface area contributed by atoms with Crippen LogP contribution in [0.5, 0.6) is 0 Å².